The van der Waals surface area contributed by atoms with Gasteiger partial charge in [-0.2, -0.15) is 0 Å². The monoisotopic (exact) mass is 414 g/mol. The van der Waals surface area contributed by atoms with Gasteiger partial charge in [0.2, 0.25) is 0 Å². The summed E-state index contributed by atoms with van der Waals surface area (Å²) in [7, 11) is 4.74. The van der Waals surface area contributed by atoms with E-state index in [1.54, 1.807) is 44.1 Å². The molecular weight excluding hydrogens is 392 g/mol. The summed E-state index contributed by atoms with van der Waals surface area (Å²) >= 11 is 0. The lowest BCUT2D eigenvalue weighted by Gasteiger charge is -2.13. The van der Waals surface area contributed by atoms with Gasteiger partial charge >= 0.3 is 0 Å². The predicted octanol–water partition coefficient (Wildman–Crippen LogP) is 4.58. The molecule has 4 aromatic rings. The van der Waals surface area contributed by atoms with Crippen molar-refractivity contribution in [3.63, 3.8) is 0 Å². The molecule has 0 unspecified atom stereocenters. The van der Waals surface area contributed by atoms with Crippen LogP contribution in [-0.4, -0.2) is 30.9 Å². The molecule has 1 heterocycles. The molecule has 0 saturated carbocycles. The smallest absolute Gasteiger partial charge is 0.266 e. The van der Waals surface area contributed by atoms with Crippen LogP contribution in [0.1, 0.15) is 11.4 Å². The number of hydrogen-bond donors (Lipinski definition) is 0. The minimum Gasteiger partial charge on any atom is -0.496 e. The number of ether oxygens (including phenoxy) is 3. The first-order valence-corrected chi connectivity index (χ1v) is 9.71. The fraction of sp³-hybridized carbons (Fsp3) is 0.120. The quantitative estimate of drug-likeness (QED) is 0.462. The fourth-order valence-corrected chi connectivity index (χ4v) is 3.44. The Kier molecular flexibility index (Phi) is 5.71. The van der Waals surface area contributed by atoms with Crippen molar-refractivity contribution in [3.05, 3.63) is 88.5 Å². The molecule has 31 heavy (non-hydrogen) atoms. The zero-order chi connectivity index (χ0) is 21.8. The van der Waals surface area contributed by atoms with Crippen LogP contribution < -0.4 is 19.8 Å². The Balaban J connectivity index is 1.91. The van der Waals surface area contributed by atoms with Gasteiger partial charge in [-0.05, 0) is 42.5 Å². The van der Waals surface area contributed by atoms with Gasteiger partial charge in [0.1, 0.15) is 11.6 Å². The first-order valence-electron chi connectivity index (χ1n) is 9.71. The van der Waals surface area contributed by atoms with Gasteiger partial charge < -0.3 is 14.2 Å². The van der Waals surface area contributed by atoms with Gasteiger partial charge in [0.25, 0.3) is 5.56 Å². The lowest BCUT2D eigenvalue weighted by atomic mass is 10.1. The van der Waals surface area contributed by atoms with Crippen molar-refractivity contribution in [2.24, 2.45) is 0 Å². The average molecular weight is 414 g/mol. The van der Waals surface area contributed by atoms with Crippen LogP contribution in [0.15, 0.2) is 71.5 Å². The van der Waals surface area contributed by atoms with Gasteiger partial charge in [0.05, 0.1) is 37.9 Å². The molecular formula is C25H22N2O4. The van der Waals surface area contributed by atoms with Crippen LogP contribution in [0.25, 0.3) is 28.7 Å². The normalized spacial score (nSPS) is 11.1. The number of hydrogen-bond acceptors (Lipinski definition) is 5. The summed E-state index contributed by atoms with van der Waals surface area (Å²) in [5.74, 6) is 2.27. The molecule has 0 atom stereocenters. The third-order valence-electron chi connectivity index (χ3n) is 4.96. The van der Waals surface area contributed by atoms with Gasteiger partial charge in [-0.25, -0.2) is 4.98 Å². The molecule has 0 saturated heterocycles. The number of rotatable bonds is 6. The van der Waals surface area contributed by atoms with Crippen LogP contribution in [0.3, 0.4) is 0 Å². The second-order valence-corrected chi connectivity index (χ2v) is 6.75. The molecule has 0 N–H and O–H groups in total. The lowest BCUT2D eigenvalue weighted by Crippen LogP contribution is -2.22. The number of aromatic nitrogens is 2. The van der Waals surface area contributed by atoms with Gasteiger partial charge in [-0.15, -0.1) is 0 Å². The van der Waals surface area contributed by atoms with E-state index in [2.05, 4.69) is 0 Å². The molecule has 6 heteroatoms. The van der Waals surface area contributed by atoms with Crippen molar-refractivity contribution in [2.45, 2.75) is 0 Å². The van der Waals surface area contributed by atoms with Crippen LogP contribution in [0.4, 0.5) is 0 Å². The molecule has 0 spiro atoms. The van der Waals surface area contributed by atoms with Crippen molar-refractivity contribution in [3.8, 4) is 22.9 Å². The van der Waals surface area contributed by atoms with Crippen molar-refractivity contribution < 1.29 is 14.2 Å². The zero-order valence-corrected chi connectivity index (χ0v) is 17.5. The highest BCUT2D eigenvalue weighted by atomic mass is 16.5. The molecule has 3 aromatic carbocycles. The Morgan fingerprint density at radius 2 is 1.42 bits per heavy atom. The van der Waals surface area contributed by atoms with Gasteiger partial charge in [0.15, 0.2) is 11.5 Å². The molecule has 0 aliphatic heterocycles. The number of nitrogens with zero attached hydrogens (tertiary/aromatic N) is 2. The number of methoxy groups -OCH3 is 3. The summed E-state index contributed by atoms with van der Waals surface area (Å²) in [6.07, 6.45) is 3.64. The van der Waals surface area contributed by atoms with Crippen LogP contribution >= 0.6 is 0 Å². The summed E-state index contributed by atoms with van der Waals surface area (Å²) < 4.78 is 17.9. The van der Waals surface area contributed by atoms with E-state index in [0.717, 1.165) is 11.3 Å². The minimum absolute atomic E-state index is 0.129. The molecule has 156 valence electrons. The SMILES string of the molecule is COc1cc(OC)c(OC)cc1/C=C\c1nc2ccccc2c(=O)n1-c1ccccc1. The lowest BCUT2D eigenvalue weighted by molar-refractivity contribution is 0.348. The summed E-state index contributed by atoms with van der Waals surface area (Å²) in [5, 5.41) is 0.562. The number of benzene rings is 3. The highest BCUT2D eigenvalue weighted by Crippen LogP contribution is 2.35. The largest absolute Gasteiger partial charge is 0.496 e. The van der Waals surface area contributed by atoms with Gasteiger partial charge in [0, 0.05) is 11.6 Å². The third-order valence-corrected chi connectivity index (χ3v) is 4.96. The molecule has 6 nitrogen and oxygen atoms in total. The maximum absolute atomic E-state index is 13.3. The topological polar surface area (TPSA) is 62.6 Å². The van der Waals surface area contributed by atoms with Crippen molar-refractivity contribution in [1.29, 1.82) is 0 Å². The molecule has 4 rings (SSSR count). The summed E-state index contributed by atoms with van der Waals surface area (Å²) in [6.45, 7) is 0. The maximum Gasteiger partial charge on any atom is 0.266 e. The van der Waals surface area contributed by atoms with Crippen molar-refractivity contribution in [2.75, 3.05) is 21.3 Å². The molecule has 0 aliphatic rings. The van der Waals surface area contributed by atoms with E-state index in [-0.39, 0.29) is 5.56 Å². The second kappa shape index (κ2) is 8.75. The minimum atomic E-state index is -0.129. The molecule has 1 aromatic heterocycles. The zero-order valence-electron chi connectivity index (χ0n) is 17.5. The van der Waals surface area contributed by atoms with Gasteiger partial charge in [-0.3, -0.25) is 9.36 Å². The maximum atomic E-state index is 13.3. The highest BCUT2D eigenvalue weighted by Gasteiger charge is 2.13. The van der Waals surface area contributed by atoms with Crippen LogP contribution in [0, 0.1) is 0 Å². The van der Waals surface area contributed by atoms with Gasteiger partial charge in [-0.1, -0.05) is 30.3 Å². The van der Waals surface area contributed by atoms with Crippen molar-refractivity contribution in [1.82, 2.24) is 9.55 Å². The summed E-state index contributed by atoms with van der Waals surface area (Å²) in [5.41, 5.74) is 2.01. The first kappa shape index (κ1) is 20.2. The van der Waals surface area contributed by atoms with E-state index in [9.17, 15) is 4.79 Å². The first-order chi connectivity index (χ1) is 15.2. The van der Waals surface area contributed by atoms with Crippen LogP contribution in [0.5, 0.6) is 17.2 Å². The van der Waals surface area contributed by atoms with E-state index >= 15 is 0 Å². The highest BCUT2D eigenvalue weighted by molar-refractivity contribution is 5.80. The summed E-state index contributed by atoms with van der Waals surface area (Å²) in [6, 6.07) is 20.4. The Morgan fingerprint density at radius 1 is 0.774 bits per heavy atom. The number of para-hydroxylation sites is 2. The average Bonchev–Trinajstić information content (AvgIpc) is 2.82. The summed E-state index contributed by atoms with van der Waals surface area (Å²) in [4.78, 5) is 18.0. The molecule has 0 amide bonds. The fourth-order valence-electron chi connectivity index (χ4n) is 3.44. The van der Waals surface area contributed by atoms with E-state index in [1.807, 2.05) is 60.7 Å². The molecule has 0 bridgehead atoms. The van der Waals surface area contributed by atoms with Crippen molar-refractivity contribution >= 4 is 23.1 Å². The Morgan fingerprint density at radius 3 is 2.13 bits per heavy atom. The van der Waals surface area contributed by atoms with E-state index in [1.165, 1.54) is 0 Å². The Bertz CT molecular complexity index is 1310. The molecule has 0 fully saturated rings. The van der Waals surface area contributed by atoms with E-state index in [0.29, 0.717) is 34.0 Å². The molecule has 0 aliphatic carbocycles. The van der Waals surface area contributed by atoms with Crippen LogP contribution in [0.2, 0.25) is 0 Å². The van der Waals surface area contributed by atoms with Crippen LogP contribution in [-0.2, 0) is 0 Å². The van der Waals surface area contributed by atoms with E-state index < -0.39 is 0 Å². The third kappa shape index (κ3) is 3.88. The molecule has 0 radical (unpaired) electrons. The standard InChI is InChI=1S/C25H22N2O4/c1-29-21-16-23(31-3)22(30-2)15-17(21)13-14-24-26-20-12-8-7-11-19(20)25(28)27(24)18-9-5-4-6-10-18/h4-16H,1-3H3/b14-13-. The predicted molar refractivity (Wildman–Crippen MR) is 122 cm³/mol. The van der Waals surface area contributed by atoms with E-state index in [4.69, 9.17) is 19.2 Å². The Labute approximate surface area is 180 Å². The second-order valence-electron chi connectivity index (χ2n) is 6.75. The number of fused-ring (bicyclic) bond motifs is 1. The Hall–Kier alpha value is -4.06.